The van der Waals surface area contributed by atoms with Gasteiger partial charge in [0.05, 0.1) is 5.25 Å². The van der Waals surface area contributed by atoms with E-state index in [1.807, 2.05) is 37.3 Å². The molecule has 9 nitrogen and oxygen atoms in total. The average molecular weight is 440 g/mol. The van der Waals surface area contributed by atoms with Gasteiger partial charge in [-0.2, -0.15) is 10.1 Å². The fourth-order valence-corrected chi connectivity index (χ4v) is 4.63. The van der Waals surface area contributed by atoms with Crippen LogP contribution in [0.3, 0.4) is 0 Å². The van der Waals surface area contributed by atoms with E-state index in [1.165, 1.54) is 12.8 Å². The molecule has 4 N–H and O–H groups in total. The highest BCUT2D eigenvalue weighted by Crippen LogP contribution is 2.39. The number of rotatable bonds is 9. The number of aromatic nitrogens is 4. The molecule has 31 heavy (non-hydrogen) atoms. The molecule has 2 saturated carbocycles. The number of hydrogen-bond donors (Lipinski definition) is 4. The molecule has 0 spiro atoms. The fourth-order valence-electron chi connectivity index (χ4n) is 3.27. The zero-order chi connectivity index (χ0) is 21.4. The van der Waals surface area contributed by atoms with Crippen LogP contribution in [0.5, 0.6) is 0 Å². The standard InChI is InChI=1S/C21H25N7O2S/c1-13-11-22-21(25-19-10-18(27-28-19)15-4-5-15)26-20(13)24-16-6-2-14(3-7-16)12-23-31(29,30)17-8-9-17/h2-3,6-7,10-11,15,17,23H,4-5,8-9,12H2,1H3,(H3,22,24,25,26,27,28). The quantitative estimate of drug-likeness (QED) is 0.402. The van der Waals surface area contributed by atoms with Crippen molar-refractivity contribution in [3.05, 3.63) is 53.3 Å². The SMILES string of the molecule is Cc1cnc(Nc2cc(C3CC3)[nH]n2)nc1Nc1ccc(CNS(=O)(=O)C2CC2)cc1. The van der Waals surface area contributed by atoms with Crippen LogP contribution in [-0.4, -0.2) is 33.8 Å². The van der Waals surface area contributed by atoms with Crippen molar-refractivity contribution in [3.8, 4) is 0 Å². The molecule has 1 aromatic carbocycles. The van der Waals surface area contributed by atoms with E-state index in [0.29, 0.717) is 30.0 Å². The number of benzene rings is 1. The molecule has 10 heteroatoms. The molecular formula is C21H25N7O2S. The molecule has 0 amide bonds. The molecule has 2 fully saturated rings. The van der Waals surface area contributed by atoms with E-state index in [9.17, 15) is 8.42 Å². The molecule has 0 bridgehead atoms. The van der Waals surface area contributed by atoms with Gasteiger partial charge >= 0.3 is 0 Å². The molecule has 2 heterocycles. The minimum atomic E-state index is -3.18. The molecule has 2 aliphatic carbocycles. The molecule has 0 saturated heterocycles. The predicted molar refractivity (Wildman–Crippen MR) is 119 cm³/mol. The normalized spacial score (nSPS) is 16.3. The predicted octanol–water partition coefficient (Wildman–Crippen LogP) is 3.45. The van der Waals surface area contributed by atoms with Crippen LogP contribution in [0.1, 0.15) is 48.4 Å². The Morgan fingerprint density at radius 1 is 1.10 bits per heavy atom. The van der Waals surface area contributed by atoms with Gasteiger partial charge in [-0.25, -0.2) is 18.1 Å². The van der Waals surface area contributed by atoms with Crippen LogP contribution >= 0.6 is 0 Å². The summed E-state index contributed by atoms with van der Waals surface area (Å²) in [5.74, 6) is 2.46. The summed E-state index contributed by atoms with van der Waals surface area (Å²) < 4.78 is 26.6. The second kappa shape index (κ2) is 7.93. The Hall–Kier alpha value is -2.98. The summed E-state index contributed by atoms with van der Waals surface area (Å²) in [6, 6.07) is 9.62. The largest absolute Gasteiger partial charge is 0.340 e. The molecule has 0 aliphatic heterocycles. The highest BCUT2D eigenvalue weighted by Gasteiger charge is 2.35. The first-order valence-corrected chi connectivity index (χ1v) is 12.0. The van der Waals surface area contributed by atoms with E-state index in [0.717, 1.165) is 35.3 Å². The molecule has 2 aliphatic rings. The first kappa shape index (κ1) is 20.0. The van der Waals surface area contributed by atoms with Gasteiger partial charge in [-0.3, -0.25) is 5.10 Å². The molecule has 0 radical (unpaired) electrons. The number of aryl methyl sites for hydroxylation is 1. The molecular weight excluding hydrogens is 414 g/mol. The summed E-state index contributed by atoms with van der Waals surface area (Å²) in [7, 11) is -3.18. The van der Waals surface area contributed by atoms with Gasteiger partial charge in [0, 0.05) is 41.7 Å². The summed E-state index contributed by atoms with van der Waals surface area (Å²) in [5, 5.41) is 13.6. The molecule has 0 unspecified atom stereocenters. The number of anilines is 4. The fraction of sp³-hybridized carbons (Fsp3) is 0.381. The topological polar surface area (TPSA) is 125 Å². The lowest BCUT2D eigenvalue weighted by atomic mass is 10.2. The third-order valence-electron chi connectivity index (χ3n) is 5.48. The Morgan fingerprint density at radius 2 is 1.87 bits per heavy atom. The van der Waals surface area contributed by atoms with Crippen molar-refractivity contribution >= 4 is 33.3 Å². The highest BCUT2D eigenvalue weighted by molar-refractivity contribution is 7.90. The first-order chi connectivity index (χ1) is 15.0. The van der Waals surface area contributed by atoms with Crippen molar-refractivity contribution in [2.75, 3.05) is 10.6 Å². The Kier molecular flexibility index (Phi) is 5.11. The van der Waals surface area contributed by atoms with Crippen molar-refractivity contribution in [2.45, 2.75) is 50.3 Å². The smallest absolute Gasteiger partial charge is 0.230 e. The summed E-state index contributed by atoms with van der Waals surface area (Å²) >= 11 is 0. The van der Waals surface area contributed by atoms with E-state index in [-0.39, 0.29) is 5.25 Å². The third kappa shape index (κ3) is 4.86. The van der Waals surface area contributed by atoms with Crippen molar-refractivity contribution in [3.63, 3.8) is 0 Å². The maximum atomic E-state index is 12.0. The number of hydrogen-bond acceptors (Lipinski definition) is 7. The average Bonchev–Trinajstić information content (AvgIpc) is 3.68. The van der Waals surface area contributed by atoms with E-state index in [4.69, 9.17) is 0 Å². The van der Waals surface area contributed by atoms with Gasteiger partial charge in [0.15, 0.2) is 5.82 Å². The monoisotopic (exact) mass is 439 g/mol. The lowest BCUT2D eigenvalue weighted by Crippen LogP contribution is -2.26. The van der Waals surface area contributed by atoms with Crippen LogP contribution in [0, 0.1) is 6.92 Å². The van der Waals surface area contributed by atoms with Gasteiger partial charge in [-0.1, -0.05) is 12.1 Å². The number of nitrogens with one attached hydrogen (secondary N) is 4. The first-order valence-electron chi connectivity index (χ1n) is 10.5. The van der Waals surface area contributed by atoms with Gasteiger partial charge in [0.2, 0.25) is 16.0 Å². The number of sulfonamides is 1. The van der Waals surface area contributed by atoms with E-state index in [1.54, 1.807) is 6.20 Å². The van der Waals surface area contributed by atoms with Gasteiger partial charge in [-0.05, 0) is 50.3 Å². The highest BCUT2D eigenvalue weighted by atomic mass is 32.2. The summed E-state index contributed by atoms with van der Waals surface area (Å²) in [6.07, 6.45) is 5.70. The third-order valence-corrected chi connectivity index (χ3v) is 7.38. The maximum absolute atomic E-state index is 12.0. The van der Waals surface area contributed by atoms with Crippen LogP contribution in [0.2, 0.25) is 0 Å². The Bertz CT molecular complexity index is 1180. The molecule has 5 rings (SSSR count). The van der Waals surface area contributed by atoms with Crippen molar-refractivity contribution in [2.24, 2.45) is 0 Å². The molecule has 162 valence electrons. The van der Waals surface area contributed by atoms with Crippen LogP contribution in [0.15, 0.2) is 36.5 Å². The zero-order valence-corrected chi connectivity index (χ0v) is 18.0. The number of H-pyrrole nitrogens is 1. The van der Waals surface area contributed by atoms with E-state index < -0.39 is 10.0 Å². The van der Waals surface area contributed by atoms with E-state index >= 15 is 0 Å². The van der Waals surface area contributed by atoms with Crippen LogP contribution in [0.4, 0.5) is 23.3 Å². The van der Waals surface area contributed by atoms with Crippen LogP contribution in [0.25, 0.3) is 0 Å². The zero-order valence-electron chi connectivity index (χ0n) is 17.2. The second-order valence-electron chi connectivity index (χ2n) is 8.22. The summed E-state index contributed by atoms with van der Waals surface area (Å²) in [4.78, 5) is 8.92. The van der Waals surface area contributed by atoms with Gasteiger partial charge < -0.3 is 10.6 Å². The summed E-state index contributed by atoms with van der Waals surface area (Å²) in [6.45, 7) is 2.24. The molecule has 2 aromatic heterocycles. The minimum Gasteiger partial charge on any atom is -0.340 e. The lowest BCUT2D eigenvalue weighted by Gasteiger charge is -2.11. The van der Waals surface area contributed by atoms with Crippen molar-refractivity contribution in [1.29, 1.82) is 0 Å². The second-order valence-corrected chi connectivity index (χ2v) is 10.3. The van der Waals surface area contributed by atoms with Crippen molar-refractivity contribution < 1.29 is 8.42 Å². The van der Waals surface area contributed by atoms with E-state index in [2.05, 4.69) is 35.5 Å². The Labute approximate surface area is 181 Å². The van der Waals surface area contributed by atoms with Gasteiger partial charge in [0.25, 0.3) is 0 Å². The number of nitrogens with zero attached hydrogens (tertiary/aromatic N) is 3. The number of aromatic amines is 1. The van der Waals surface area contributed by atoms with Crippen molar-refractivity contribution in [1.82, 2.24) is 24.9 Å². The Morgan fingerprint density at radius 3 is 2.58 bits per heavy atom. The van der Waals surface area contributed by atoms with Crippen LogP contribution < -0.4 is 15.4 Å². The van der Waals surface area contributed by atoms with Gasteiger partial charge in [-0.15, -0.1) is 0 Å². The lowest BCUT2D eigenvalue weighted by molar-refractivity contribution is 0.580. The molecule has 0 atom stereocenters. The van der Waals surface area contributed by atoms with Gasteiger partial charge in [0.1, 0.15) is 5.82 Å². The Balaban J connectivity index is 1.23. The minimum absolute atomic E-state index is 0.209. The molecule has 3 aromatic rings. The summed E-state index contributed by atoms with van der Waals surface area (Å²) in [5.41, 5.74) is 3.82. The van der Waals surface area contributed by atoms with Crippen LogP contribution in [-0.2, 0) is 16.6 Å². The maximum Gasteiger partial charge on any atom is 0.230 e.